The fourth-order valence-corrected chi connectivity index (χ4v) is 0. The normalized spacial score (nSPS) is 8.14. The quantitative estimate of drug-likeness (QED) is 0.146. The van der Waals surface area contributed by atoms with Crippen LogP contribution in [-0.2, 0) is 0 Å². The van der Waals surface area contributed by atoms with E-state index in [2.05, 4.69) is 6.92 Å². The number of hydrogen-bond donors (Lipinski definition) is 13. The summed E-state index contributed by atoms with van der Waals surface area (Å²) in [6.07, 6.45) is -0.417. The topological polar surface area (TPSA) is 263 Å². The molecule has 13 nitrogen and oxygen atoms in total. The van der Waals surface area contributed by atoms with Gasteiger partial charge in [-0.2, -0.15) is 0 Å². The Kier molecular flexibility index (Phi) is 57.8. The molecule has 0 fully saturated rings. The Morgan fingerprint density at radius 1 is 0.571 bits per heavy atom. The predicted molar refractivity (Wildman–Crippen MR) is 66.7 cm³/mol. The van der Waals surface area contributed by atoms with Crippen molar-refractivity contribution in [2.75, 3.05) is 0 Å². The van der Waals surface area contributed by atoms with Crippen LogP contribution in [0.1, 0.15) is 6.92 Å². The molecule has 0 aromatic heterocycles. The summed E-state index contributed by atoms with van der Waals surface area (Å²) in [4.78, 5) is 0. The van der Waals surface area contributed by atoms with E-state index in [-0.39, 0.29) is 18.9 Å². The molecule has 0 heterocycles. The maximum Gasteiger partial charge on any atom is 1.00 e. The van der Waals surface area contributed by atoms with Gasteiger partial charge in [0, 0.05) is 0 Å². The second kappa shape index (κ2) is 32.3. The van der Waals surface area contributed by atoms with Crippen LogP contribution in [-0.4, -0.2) is 101 Å². The molecule has 0 aromatic rings. The van der Waals surface area contributed by atoms with E-state index in [1.807, 2.05) is 0 Å². The molecule has 0 rings (SSSR count). The Bertz CT molecular complexity index is 90.0. The van der Waals surface area contributed by atoms with Gasteiger partial charge < -0.3 is 72.3 Å². The first-order valence-electron chi connectivity index (χ1n) is 4.34. The average Bonchev–Trinajstić information content (AvgIpc) is 1.94. The predicted octanol–water partition coefficient (Wildman–Crippen LogP) is -11.0. The first-order chi connectivity index (χ1) is 8.66. The zero-order valence-corrected chi connectivity index (χ0v) is 11.4. The van der Waals surface area contributed by atoms with Gasteiger partial charge in [0.15, 0.2) is 0 Å². The van der Waals surface area contributed by atoms with Crippen LogP contribution < -0.4 is 18.9 Å². The van der Waals surface area contributed by atoms with E-state index in [1.54, 1.807) is 6.92 Å². The fourth-order valence-electron chi connectivity index (χ4n) is 0. The van der Waals surface area contributed by atoms with E-state index < -0.39 is 35.4 Å². The van der Waals surface area contributed by atoms with Gasteiger partial charge in [-0.25, -0.2) is 0 Å². The smallest absolute Gasteiger partial charge is 0.426 e. The zero-order valence-electron chi connectivity index (χ0n) is 11.4. The minimum Gasteiger partial charge on any atom is -0.426 e. The number of hydrogen-bond acceptors (Lipinski definition) is 13. The summed E-state index contributed by atoms with van der Waals surface area (Å²) in [5.41, 5.74) is 0. The van der Waals surface area contributed by atoms with Crippen LogP contribution in [0, 0.1) is 6.92 Å². The van der Waals surface area contributed by atoms with Gasteiger partial charge >= 0.3 is 48.1 Å². The number of rotatable bonds is 0. The van der Waals surface area contributed by atoms with Crippen molar-refractivity contribution in [2.45, 2.75) is 13.0 Å². The fraction of sp³-hybridized carbons (Fsp3) is 0.667. The zero-order chi connectivity index (χ0) is 17.9. The van der Waals surface area contributed by atoms with Gasteiger partial charge in [-0.3, -0.25) is 0 Å². The van der Waals surface area contributed by atoms with Crippen LogP contribution in [0.5, 0.6) is 0 Å². The van der Waals surface area contributed by atoms with Crippen molar-refractivity contribution < 1.29 is 84.3 Å². The molecular weight excluding hydrogens is 294 g/mol. The van der Waals surface area contributed by atoms with Gasteiger partial charge in [0.25, 0.3) is 0 Å². The molecule has 0 amide bonds. The number of aliphatic hydroxyl groups is 1. The minimum absolute atomic E-state index is 0. The maximum atomic E-state index is 7.94. The third-order valence-electron chi connectivity index (χ3n) is 0. The Balaban J connectivity index is -0.0000000331. The van der Waals surface area contributed by atoms with Crippen molar-refractivity contribution in [2.24, 2.45) is 0 Å². The Morgan fingerprint density at radius 3 is 0.571 bits per heavy atom. The van der Waals surface area contributed by atoms with E-state index >= 15 is 0 Å². The summed E-state index contributed by atoms with van der Waals surface area (Å²) >= 11 is 0. The molecule has 0 aliphatic carbocycles. The Morgan fingerprint density at radius 2 is 0.571 bits per heavy atom. The van der Waals surface area contributed by atoms with Crippen molar-refractivity contribution in [3.05, 3.63) is 6.92 Å². The summed E-state index contributed by atoms with van der Waals surface area (Å²) < 4.78 is 0. The molecule has 21 heavy (non-hydrogen) atoms. The summed E-state index contributed by atoms with van der Waals surface area (Å²) in [6, 6.07) is 0. The maximum absolute atomic E-state index is 7.94. The largest absolute Gasteiger partial charge is 1.00 e. The second-order valence-electron chi connectivity index (χ2n) is 2.23. The SMILES string of the molecule is OB(O)O.OB(O)O.OB(O)O.OB(O)O.[CH2-]C(C)O.[Li+]. The molecule has 1 unspecified atom stereocenters. The van der Waals surface area contributed by atoms with Gasteiger partial charge in [0.05, 0.1) is 0 Å². The van der Waals surface area contributed by atoms with Gasteiger partial charge in [0.2, 0.25) is 0 Å². The Labute approximate surface area is 134 Å². The molecule has 0 bridgehead atoms. The average molecular weight is 313 g/mol. The standard InChI is InChI=1S/C3H7O.4BH3O3.Li/c1-3(2)4;4*2-1(3)4;/h3-4H,1H2,2H3;4*2-4H;/q-1;;;;;+1. The minimum atomic E-state index is -2.17. The van der Waals surface area contributed by atoms with Crippen molar-refractivity contribution in [1.29, 1.82) is 0 Å². The molecule has 0 aliphatic rings. The van der Waals surface area contributed by atoms with E-state index in [0.717, 1.165) is 0 Å². The van der Waals surface area contributed by atoms with Crippen LogP contribution in [0.4, 0.5) is 0 Å². The van der Waals surface area contributed by atoms with Crippen LogP contribution in [0.25, 0.3) is 0 Å². The molecule has 1 atom stereocenters. The summed E-state index contributed by atoms with van der Waals surface area (Å²) in [6.45, 7) is 4.81. The van der Waals surface area contributed by atoms with Gasteiger partial charge in [-0.15, -0.1) is 0 Å². The van der Waals surface area contributed by atoms with E-state index in [9.17, 15) is 0 Å². The monoisotopic (exact) mass is 314 g/mol. The molecule has 13 N–H and O–H groups in total. The second-order valence-corrected chi connectivity index (χ2v) is 2.23. The van der Waals surface area contributed by atoms with Crippen LogP contribution >= 0.6 is 0 Å². The molecule has 0 saturated heterocycles. The van der Waals surface area contributed by atoms with Gasteiger partial charge in [-0.1, -0.05) is 13.0 Å². The summed E-state index contributed by atoms with van der Waals surface area (Å²) in [7, 11) is -8.67. The van der Waals surface area contributed by atoms with Crippen LogP contribution in [0.2, 0.25) is 0 Å². The first kappa shape index (κ1) is 37.5. The van der Waals surface area contributed by atoms with Crippen LogP contribution in [0.15, 0.2) is 0 Å². The molecule has 18 heteroatoms. The molecule has 0 spiro atoms. The molecule has 0 aromatic carbocycles. The van der Waals surface area contributed by atoms with Gasteiger partial charge in [-0.05, 0) is 0 Å². The summed E-state index contributed by atoms with van der Waals surface area (Å²) in [5, 5.41) is 93.9. The molecule has 122 valence electrons. The Hall–Kier alpha value is 0.337. The van der Waals surface area contributed by atoms with E-state index in [4.69, 9.17) is 65.4 Å². The molecule has 0 saturated carbocycles. The van der Waals surface area contributed by atoms with Gasteiger partial charge in [0.1, 0.15) is 0 Å². The third kappa shape index (κ3) is 60200. The number of aliphatic hydroxyl groups excluding tert-OH is 1. The molecular formula is C3H19B4LiO13. The molecule has 0 radical (unpaired) electrons. The van der Waals surface area contributed by atoms with Crippen molar-refractivity contribution in [3.8, 4) is 0 Å². The van der Waals surface area contributed by atoms with Crippen molar-refractivity contribution in [3.63, 3.8) is 0 Å². The first-order valence-corrected chi connectivity index (χ1v) is 4.34. The van der Waals surface area contributed by atoms with Crippen molar-refractivity contribution >= 4 is 29.3 Å². The molecule has 0 aliphatic heterocycles. The van der Waals surface area contributed by atoms with Crippen molar-refractivity contribution in [1.82, 2.24) is 0 Å². The van der Waals surface area contributed by atoms with E-state index in [1.165, 1.54) is 0 Å². The van der Waals surface area contributed by atoms with Crippen LogP contribution in [0.3, 0.4) is 0 Å². The summed E-state index contributed by atoms with van der Waals surface area (Å²) in [5.74, 6) is 0. The van der Waals surface area contributed by atoms with E-state index in [0.29, 0.717) is 0 Å². The third-order valence-corrected chi connectivity index (χ3v) is 0.